The predicted molar refractivity (Wildman–Crippen MR) is 82.2 cm³/mol. The molecule has 5 nitrogen and oxygen atoms in total. The Kier molecular flexibility index (Phi) is 4.24. The van der Waals surface area contributed by atoms with Crippen molar-refractivity contribution in [3.8, 4) is 11.5 Å². The van der Waals surface area contributed by atoms with Crippen LogP contribution >= 0.6 is 12.2 Å². The van der Waals surface area contributed by atoms with E-state index in [1.54, 1.807) is 0 Å². The highest BCUT2D eigenvalue weighted by atomic mass is 32.1. The largest absolute Gasteiger partial charge is 0.490 e. The van der Waals surface area contributed by atoms with E-state index in [0.29, 0.717) is 11.4 Å². The zero-order chi connectivity index (χ0) is 14.7. The molecule has 0 radical (unpaired) electrons. The number of nitrogens with zero attached hydrogens (tertiary/aromatic N) is 2. The van der Waals surface area contributed by atoms with E-state index >= 15 is 0 Å². The van der Waals surface area contributed by atoms with Gasteiger partial charge in [0, 0.05) is 13.0 Å². The average molecular weight is 305 g/mol. The van der Waals surface area contributed by atoms with Gasteiger partial charge in [-0.1, -0.05) is 25.5 Å². The van der Waals surface area contributed by atoms with E-state index in [1.165, 1.54) is 0 Å². The Morgan fingerprint density at radius 2 is 2.19 bits per heavy atom. The maximum atomic E-state index is 6.10. The van der Waals surface area contributed by atoms with Crippen LogP contribution in [0.25, 0.3) is 0 Å². The monoisotopic (exact) mass is 305 g/mol. The number of unbranched alkanes of at least 4 members (excludes halogenated alkanes) is 1. The van der Waals surface area contributed by atoms with Crippen LogP contribution in [-0.2, 0) is 6.54 Å². The summed E-state index contributed by atoms with van der Waals surface area (Å²) in [6.07, 6.45) is 2.80. The minimum Gasteiger partial charge on any atom is -0.490 e. The first-order valence-corrected chi connectivity index (χ1v) is 7.74. The van der Waals surface area contributed by atoms with Gasteiger partial charge in [0.2, 0.25) is 0 Å². The molecule has 0 fully saturated rings. The summed E-state index contributed by atoms with van der Waals surface area (Å²) in [5, 5.41) is 7.25. The lowest BCUT2D eigenvalue weighted by molar-refractivity contribution is 0.179. The van der Waals surface area contributed by atoms with E-state index in [-0.39, 0.29) is 6.10 Å². The lowest BCUT2D eigenvalue weighted by atomic mass is 10.2. The molecule has 0 aliphatic carbocycles. The number of aromatic amines is 1. The fourth-order valence-corrected chi connectivity index (χ4v) is 2.68. The molecule has 1 aromatic heterocycles. The number of ether oxygens (including phenoxy) is 2. The minimum atomic E-state index is -0.140. The van der Waals surface area contributed by atoms with Crippen molar-refractivity contribution in [1.29, 1.82) is 0 Å². The summed E-state index contributed by atoms with van der Waals surface area (Å²) < 4.78 is 14.5. The van der Waals surface area contributed by atoms with Gasteiger partial charge in [0.05, 0.1) is 6.61 Å². The van der Waals surface area contributed by atoms with Gasteiger partial charge in [0.25, 0.3) is 0 Å². The van der Waals surface area contributed by atoms with Gasteiger partial charge in [-0.2, -0.15) is 5.10 Å². The smallest absolute Gasteiger partial charge is 0.195 e. The molecular weight excluding hydrogens is 286 g/mol. The first kappa shape index (κ1) is 14.1. The number of H-pyrrole nitrogens is 1. The molecule has 112 valence electrons. The Labute approximate surface area is 128 Å². The molecule has 2 aromatic rings. The van der Waals surface area contributed by atoms with Gasteiger partial charge in [-0.25, -0.2) is 0 Å². The fourth-order valence-electron chi connectivity index (χ4n) is 2.44. The summed E-state index contributed by atoms with van der Waals surface area (Å²) in [5.41, 5.74) is 0. The van der Waals surface area contributed by atoms with Crippen LogP contribution < -0.4 is 9.47 Å². The summed E-state index contributed by atoms with van der Waals surface area (Å²) in [6, 6.07) is 7.73. The normalized spacial score (nSPS) is 17.5. The van der Waals surface area contributed by atoms with Gasteiger partial charge >= 0.3 is 0 Å². The van der Waals surface area contributed by atoms with Crippen LogP contribution in [-0.4, -0.2) is 21.4 Å². The number of aromatic nitrogens is 3. The molecular formula is C15H19N3O2S. The molecule has 0 spiro atoms. The molecule has 1 aromatic carbocycles. The van der Waals surface area contributed by atoms with E-state index in [1.807, 2.05) is 28.8 Å². The fraction of sp³-hybridized carbons (Fsp3) is 0.467. The quantitative estimate of drug-likeness (QED) is 0.876. The lowest BCUT2D eigenvalue weighted by Gasteiger charge is -2.16. The number of fused-ring (bicyclic) bond motifs is 1. The molecule has 0 amide bonds. The van der Waals surface area contributed by atoms with Crippen LogP contribution in [0.2, 0.25) is 0 Å². The van der Waals surface area contributed by atoms with Crippen LogP contribution in [0.4, 0.5) is 0 Å². The summed E-state index contributed by atoms with van der Waals surface area (Å²) in [7, 11) is 0. The Hall–Kier alpha value is -1.82. The first-order valence-electron chi connectivity index (χ1n) is 7.33. The first-order chi connectivity index (χ1) is 10.3. The second-order valence-corrected chi connectivity index (χ2v) is 5.47. The Morgan fingerprint density at radius 1 is 1.38 bits per heavy atom. The second kappa shape index (κ2) is 6.30. The summed E-state index contributed by atoms with van der Waals surface area (Å²) in [6.45, 7) is 3.63. The number of hydrogen-bond acceptors (Lipinski definition) is 4. The number of rotatable bonds is 4. The van der Waals surface area contributed by atoms with Crippen molar-refractivity contribution < 1.29 is 9.47 Å². The van der Waals surface area contributed by atoms with Crippen molar-refractivity contribution >= 4 is 12.2 Å². The highest BCUT2D eigenvalue weighted by Crippen LogP contribution is 2.35. The summed E-state index contributed by atoms with van der Waals surface area (Å²) in [5.74, 6) is 2.40. The molecule has 3 rings (SSSR count). The number of benzene rings is 1. The molecule has 0 saturated heterocycles. The second-order valence-electron chi connectivity index (χ2n) is 5.08. The van der Waals surface area contributed by atoms with Gasteiger partial charge in [-0.05, 0) is 30.8 Å². The summed E-state index contributed by atoms with van der Waals surface area (Å²) >= 11 is 5.33. The van der Waals surface area contributed by atoms with Crippen LogP contribution in [0.1, 0.15) is 38.1 Å². The van der Waals surface area contributed by atoms with Crippen LogP contribution in [0.5, 0.6) is 11.5 Å². The molecule has 1 N–H and O–H groups in total. The molecule has 1 unspecified atom stereocenters. The van der Waals surface area contributed by atoms with Crippen molar-refractivity contribution in [2.75, 3.05) is 6.61 Å². The Morgan fingerprint density at radius 3 is 3.00 bits per heavy atom. The zero-order valence-corrected chi connectivity index (χ0v) is 12.9. The number of nitrogens with one attached hydrogen (secondary N) is 1. The van der Waals surface area contributed by atoms with E-state index < -0.39 is 0 Å². The van der Waals surface area contributed by atoms with Gasteiger partial charge < -0.3 is 14.0 Å². The van der Waals surface area contributed by atoms with Crippen molar-refractivity contribution in [3.63, 3.8) is 0 Å². The third kappa shape index (κ3) is 2.95. The topological polar surface area (TPSA) is 52.1 Å². The molecule has 1 atom stereocenters. The Balaban J connectivity index is 1.89. The Bertz CT molecular complexity index is 665. The van der Waals surface area contributed by atoms with Crippen LogP contribution in [0.3, 0.4) is 0 Å². The van der Waals surface area contributed by atoms with Gasteiger partial charge in [0.15, 0.2) is 28.2 Å². The van der Waals surface area contributed by atoms with Crippen molar-refractivity contribution in [2.45, 2.75) is 38.8 Å². The summed E-state index contributed by atoms with van der Waals surface area (Å²) in [4.78, 5) is 0. The van der Waals surface area contributed by atoms with Crippen LogP contribution in [0, 0.1) is 4.77 Å². The molecule has 6 heteroatoms. The highest BCUT2D eigenvalue weighted by molar-refractivity contribution is 7.71. The van der Waals surface area contributed by atoms with Gasteiger partial charge in [0.1, 0.15) is 0 Å². The van der Waals surface area contributed by atoms with E-state index in [4.69, 9.17) is 21.7 Å². The minimum absolute atomic E-state index is 0.140. The van der Waals surface area contributed by atoms with Crippen molar-refractivity contribution in [2.24, 2.45) is 0 Å². The van der Waals surface area contributed by atoms with Gasteiger partial charge in [-0.15, -0.1) is 0 Å². The molecule has 1 aliphatic rings. The van der Waals surface area contributed by atoms with E-state index in [9.17, 15) is 0 Å². The van der Waals surface area contributed by atoms with Crippen molar-refractivity contribution in [1.82, 2.24) is 14.8 Å². The molecule has 1 aliphatic heterocycles. The third-order valence-corrected chi connectivity index (χ3v) is 3.88. The number of hydrogen-bond donors (Lipinski definition) is 1. The van der Waals surface area contributed by atoms with Gasteiger partial charge in [-0.3, -0.25) is 5.10 Å². The SMILES string of the molecule is CCCCn1c(C2CCOc3ccccc3O2)n[nH]c1=S. The number of para-hydroxylation sites is 2. The maximum absolute atomic E-state index is 6.10. The molecule has 0 bridgehead atoms. The highest BCUT2D eigenvalue weighted by Gasteiger charge is 2.24. The standard InChI is InChI=1S/C15H19N3O2S/c1-2-3-9-18-14(16-17-15(18)21)13-8-10-19-11-6-4-5-7-12(11)20-13/h4-7,13H,2-3,8-10H2,1H3,(H,17,21). The van der Waals surface area contributed by atoms with E-state index in [2.05, 4.69) is 17.1 Å². The third-order valence-electron chi connectivity index (χ3n) is 3.57. The molecule has 21 heavy (non-hydrogen) atoms. The van der Waals surface area contributed by atoms with Crippen LogP contribution in [0.15, 0.2) is 24.3 Å². The maximum Gasteiger partial charge on any atom is 0.195 e. The molecule has 2 heterocycles. The van der Waals surface area contributed by atoms with E-state index in [0.717, 1.165) is 43.1 Å². The average Bonchev–Trinajstić information content (AvgIpc) is 2.73. The zero-order valence-electron chi connectivity index (χ0n) is 12.0. The van der Waals surface area contributed by atoms with Crippen molar-refractivity contribution in [3.05, 3.63) is 34.9 Å². The molecule has 0 saturated carbocycles. The lowest BCUT2D eigenvalue weighted by Crippen LogP contribution is -2.15. The predicted octanol–water partition coefficient (Wildman–Crippen LogP) is 3.64.